The molecule has 7 heteroatoms. The van der Waals surface area contributed by atoms with Crippen LogP contribution in [0.25, 0.3) is 0 Å². The fourth-order valence-electron chi connectivity index (χ4n) is 1.88. The maximum atomic E-state index is 13.6. The maximum Gasteiger partial charge on any atom is 0.257 e. The number of benzene rings is 1. The molecule has 4 nitrogen and oxygen atoms in total. The minimum atomic E-state index is -0.515. The molecule has 106 valence electrons. The van der Waals surface area contributed by atoms with Crippen LogP contribution in [0.1, 0.15) is 10.4 Å². The highest BCUT2D eigenvalue weighted by Crippen LogP contribution is 2.18. The van der Waals surface area contributed by atoms with Gasteiger partial charge in [0.1, 0.15) is 5.82 Å². The van der Waals surface area contributed by atoms with Gasteiger partial charge in [0.05, 0.1) is 18.3 Å². The van der Waals surface area contributed by atoms with Crippen molar-refractivity contribution in [1.29, 1.82) is 0 Å². The van der Waals surface area contributed by atoms with Gasteiger partial charge in [0.25, 0.3) is 5.91 Å². The normalized spacial score (nSPS) is 18.9. The molecule has 2 N–H and O–H groups in total. The highest BCUT2D eigenvalue weighted by molar-refractivity contribution is 9.10. The van der Waals surface area contributed by atoms with E-state index in [1.54, 1.807) is 11.0 Å². The lowest BCUT2D eigenvalue weighted by Gasteiger charge is -2.32. The summed E-state index contributed by atoms with van der Waals surface area (Å²) in [6.07, 6.45) is -0.169. The monoisotopic (exact) mass is 352 g/mol. The molecule has 1 saturated heterocycles. The predicted octanol–water partition coefficient (Wildman–Crippen LogP) is 1.81. The number of morpholine rings is 1. The van der Waals surface area contributed by atoms with Crippen molar-refractivity contribution in [1.82, 2.24) is 4.90 Å². The van der Waals surface area contributed by atoms with E-state index in [0.29, 0.717) is 30.7 Å². The van der Waals surface area contributed by atoms with Crippen LogP contribution in [0.5, 0.6) is 0 Å². The van der Waals surface area contributed by atoms with Crippen LogP contribution < -0.4 is 5.73 Å². The SMILES string of the molecule is Cl.NCC1CN(C(=O)c2cc(Br)ccc2F)CCO1. The highest BCUT2D eigenvalue weighted by Gasteiger charge is 2.25. The zero-order chi connectivity index (χ0) is 13.1. The van der Waals surface area contributed by atoms with Crippen LogP contribution in [-0.4, -0.2) is 43.2 Å². The Balaban J connectivity index is 0.00000180. The molecule has 1 aliphatic heterocycles. The molecule has 0 aliphatic carbocycles. The zero-order valence-electron chi connectivity index (χ0n) is 10.1. The summed E-state index contributed by atoms with van der Waals surface area (Å²) in [5.41, 5.74) is 5.59. The Hall–Kier alpha value is -0.690. The number of hydrogen-bond acceptors (Lipinski definition) is 3. The molecular weight excluding hydrogens is 338 g/mol. The minimum Gasteiger partial charge on any atom is -0.373 e. The van der Waals surface area contributed by atoms with Crippen LogP contribution in [0.15, 0.2) is 22.7 Å². The number of hydrogen-bond donors (Lipinski definition) is 1. The summed E-state index contributed by atoms with van der Waals surface area (Å²) in [6.45, 7) is 1.65. The van der Waals surface area contributed by atoms with Gasteiger partial charge in [0.2, 0.25) is 0 Å². The number of nitrogens with zero attached hydrogens (tertiary/aromatic N) is 1. The quantitative estimate of drug-likeness (QED) is 0.882. The van der Waals surface area contributed by atoms with E-state index in [1.165, 1.54) is 12.1 Å². The Bertz CT molecular complexity index is 461. The molecule has 1 atom stereocenters. The molecule has 0 aromatic heterocycles. The summed E-state index contributed by atoms with van der Waals surface area (Å²) < 4.78 is 19.7. The van der Waals surface area contributed by atoms with Crippen molar-refractivity contribution in [2.24, 2.45) is 5.73 Å². The number of amides is 1. The fourth-order valence-corrected chi connectivity index (χ4v) is 2.24. The van der Waals surface area contributed by atoms with Crippen LogP contribution in [0.2, 0.25) is 0 Å². The average Bonchev–Trinajstić information content (AvgIpc) is 2.41. The first-order valence-electron chi connectivity index (χ1n) is 5.68. The summed E-state index contributed by atoms with van der Waals surface area (Å²) in [5.74, 6) is -0.838. The molecule has 1 unspecified atom stereocenters. The number of rotatable bonds is 2. The molecule has 1 amide bonds. The van der Waals surface area contributed by atoms with Crippen molar-refractivity contribution in [3.63, 3.8) is 0 Å². The number of carbonyl (C=O) groups is 1. The molecule has 0 radical (unpaired) electrons. The third-order valence-corrected chi connectivity index (χ3v) is 3.34. The molecule has 0 saturated carbocycles. The lowest BCUT2D eigenvalue weighted by molar-refractivity contribution is -0.0169. The average molecular weight is 354 g/mol. The van der Waals surface area contributed by atoms with E-state index in [9.17, 15) is 9.18 Å². The minimum absolute atomic E-state index is 0. The van der Waals surface area contributed by atoms with Crippen LogP contribution in [0.3, 0.4) is 0 Å². The number of halogens is 3. The molecule has 1 aromatic carbocycles. The molecule has 1 aliphatic rings. The molecule has 1 aromatic rings. The summed E-state index contributed by atoms with van der Waals surface area (Å²) in [6, 6.07) is 4.33. The fraction of sp³-hybridized carbons (Fsp3) is 0.417. The van der Waals surface area contributed by atoms with E-state index in [-0.39, 0.29) is 30.0 Å². The van der Waals surface area contributed by atoms with Crippen molar-refractivity contribution in [2.75, 3.05) is 26.2 Å². The lowest BCUT2D eigenvalue weighted by atomic mass is 10.1. The van der Waals surface area contributed by atoms with Crippen LogP contribution in [-0.2, 0) is 4.74 Å². The highest BCUT2D eigenvalue weighted by atomic mass is 79.9. The molecule has 1 fully saturated rings. The molecular formula is C12H15BrClFN2O2. The van der Waals surface area contributed by atoms with E-state index in [4.69, 9.17) is 10.5 Å². The van der Waals surface area contributed by atoms with E-state index < -0.39 is 5.82 Å². The second-order valence-corrected chi connectivity index (χ2v) is 5.02. The smallest absolute Gasteiger partial charge is 0.257 e. The third-order valence-electron chi connectivity index (χ3n) is 2.85. The van der Waals surface area contributed by atoms with Crippen molar-refractivity contribution < 1.29 is 13.9 Å². The van der Waals surface area contributed by atoms with Crippen molar-refractivity contribution >= 4 is 34.2 Å². The summed E-state index contributed by atoms with van der Waals surface area (Å²) in [5, 5.41) is 0. The standard InChI is InChI=1S/C12H14BrFN2O2.ClH/c13-8-1-2-11(14)10(5-8)12(17)16-3-4-18-9(6-15)7-16;/h1-2,5,9H,3-4,6-7,15H2;1H. The largest absolute Gasteiger partial charge is 0.373 e. The Morgan fingerprint density at radius 3 is 3.00 bits per heavy atom. The van der Waals surface area contributed by atoms with Crippen LogP contribution in [0, 0.1) is 5.82 Å². The zero-order valence-corrected chi connectivity index (χ0v) is 12.5. The van der Waals surface area contributed by atoms with Gasteiger partial charge in [-0.25, -0.2) is 4.39 Å². The van der Waals surface area contributed by atoms with Crippen LogP contribution >= 0.6 is 28.3 Å². The molecule has 2 rings (SSSR count). The predicted molar refractivity (Wildman–Crippen MR) is 76.0 cm³/mol. The lowest BCUT2D eigenvalue weighted by Crippen LogP contribution is -2.48. The number of nitrogens with two attached hydrogens (primary N) is 1. The number of ether oxygens (including phenoxy) is 1. The van der Waals surface area contributed by atoms with Gasteiger partial charge < -0.3 is 15.4 Å². The Labute approximate surface area is 125 Å². The van der Waals surface area contributed by atoms with Crippen molar-refractivity contribution in [2.45, 2.75) is 6.10 Å². The first-order valence-corrected chi connectivity index (χ1v) is 6.47. The second-order valence-electron chi connectivity index (χ2n) is 4.10. The van der Waals surface area contributed by atoms with Crippen molar-refractivity contribution in [3.05, 3.63) is 34.1 Å². The van der Waals surface area contributed by atoms with E-state index in [0.717, 1.165) is 0 Å². The summed E-state index contributed by atoms with van der Waals surface area (Å²) in [7, 11) is 0. The van der Waals surface area contributed by atoms with Crippen molar-refractivity contribution in [3.8, 4) is 0 Å². The topological polar surface area (TPSA) is 55.6 Å². The van der Waals surface area contributed by atoms with E-state index >= 15 is 0 Å². The van der Waals surface area contributed by atoms with Gasteiger partial charge in [-0.2, -0.15) is 0 Å². The Morgan fingerprint density at radius 2 is 2.32 bits per heavy atom. The van der Waals surface area contributed by atoms with Gasteiger partial charge in [-0.05, 0) is 18.2 Å². The molecule has 1 heterocycles. The summed E-state index contributed by atoms with van der Waals surface area (Å²) >= 11 is 3.23. The third kappa shape index (κ3) is 3.89. The first kappa shape index (κ1) is 16.4. The van der Waals surface area contributed by atoms with Crippen LogP contribution in [0.4, 0.5) is 4.39 Å². The second kappa shape index (κ2) is 7.19. The number of carbonyl (C=O) groups excluding carboxylic acids is 1. The molecule has 0 bridgehead atoms. The van der Waals surface area contributed by atoms with Gasteiger partial charge in [-0.3, -0.25) is 4.79 Å². The Morgan fingerprint density at radius 1 is 1.58 bits per heavy atom. The van der Waals surface area contributed by atoms with Gasteiger partial charge in [-0.15, -0.1) is 12.4 Å². The maximum absolute atomic E-state index is 13.6. The van der Waals surface area contributed by atoms with Gasteiger partial charge in [0.15, 0.2) is 0 Å². The molecule has 0 spiro atoms. The Kier molecular flexibility index (Phi) is 6.19. The summed E-state index contributed by atoms with van der Waals surface area (Å²) in [4.78, 5) is 13.8. The first-order chi connectivity index (χ1) is 8.61. The van der Waals surface area contributed by atoms with E-state index in [2.05, 4.69) is 15.9 Å². The van der Waals surface area contributed by atoms with Gasteiger partial charge in [0, 0.05) is 24.1 Å². The van der Waals surface area contributed by atoms with E-state index in [1.807, 2.05) is 0 Å². The van der Waals surface area contributed by atoms with Gasteiger partial charge >= 0.3 is 0 Å². The molecule has 19 heavy (non-hydrogen) atoms. The van der Waals surface area contributed by atoms with Gasteiger partial charge in [-0.1, -0.05) is 15.9 Å².